The molecule has 0 saturated carbocycles. The van der Waals surface area contributed by atoms with Gasteiger partial charge in [-0.15, -0.1) is 0 Å². The lowest BCUT2D eigenvalue weighted by Crippen LogP contribution is -2.35. The van der Waals surface area contributed by atoms with E-state index in [9.17, 15) is 24.0 Å². The van der Waals surface area contributed by atoms with E-state index in [1.54, 1.807) is 32.9 Å². The number of carbonyl (C=O) groups is 5. The van der Waals surface area contributed by atoms with Crippen LogP contribution in [0, 0.1) is 11.8 Å². The zero-order chi connectivity index (χ0) is 29.4. The van der Waals surface area contributed by atoms with E-state index in [1.807, 2.05) is 0 Å². The van der Waals surface area contributed by atoms with E-state index in [1.165, 1.54) is 33.3 Å². The third kappa shape index (κ3) is 8.08. The maximum absolute atomic E-state index is 13.3. The van der Waals surface area contributed by atoms with Crippen LogP contribution in [0.1, 0.15) is 40.5 Å². The number of hydrogen-bond donors (Lipinski definition) is 3. The maximum Gasteiger partial charge on any atom is 0.405 e. The van der Waals surface area contributed by atoms with E-state index in [0.717, 1.165) is 6.08 Å². The molecule has 2 rings (SSSR count). The minimum absolute atomic E-state index is 0.0743. The number of fused-ring (bicyclic) bond motifs is 2. The summed E-state index contributed by atoms with van der Waals surface area (Å²) in [6.07, 6.45) is 3.91. The van der Waals surface area contributed by atoms with Gasteiger partial charge in [-0.05, 0) is 38.2 Å². The lowest BCUT2D eigenvalue weighted by atomic mass is 9.85. The molecule has 0 spiro atoms. The molecule has 1 heterocycles. The van der Waals surface area contributed by atoms with E-state index in [0.29, 0.717) is 5.57 Å². The summed E-state index contributed by atoms with van der Waals surface area (Å²) in [5.41, 5.74) is 11.7. The van der Waals surface area contributed by atoms with Gasteiger partial charge in [-0.2, -0.15) is 0 Å². The van der Waals surface area contributed by atoms with Crippen molar-refractivity contribution in [3.63, 3.8) is 0 Å². The molecule has 2 amide bonds. The van der Waals surface area contributed by atoms with Crippen molar-refractivity contribution in [2.75, 3.05) is 14.2 Å². The van der Waals surface area contributed by atoms with Crippen molar-refractivity contribution in [3.05, 3.63) is 58.5 Å². The van der Waals surface area contributed by atoms with Crippen LogP contribution in [0.4, 0.5) is 4.79 Å². The highest BCUT2D eigenvalue weighted by atomic mass is 16.6. The van der Waals surface area contributed by atoms with Gasteiger partial charge in [0.2, 0.25) is 11.6 Å². The van der Waals surface area contributed by atoms with Crippen LogP contribution in [-0.2, 0) is 33.4 Å². The summed E-state index contributed by atoms with van der Waals surface area (Å²) in [6, 6.07) is 0. The monoisotopic (exact) mass is 543 g/mol. The summed E-state index contributed by atoms with van der Waals surface area (Å²) < 4.78 is 16.3. The fraction of sp³-hybridized carbons (Fsp3) is 0.464. The second-order valence-electron chi connectivity index (χ2n) is 9.76. The molecule has 212 valence electrons. The standard InChI is InChI=1S/C28H37N3O8/c1-14-10-18-23(29)20(32)13-19(25(18)34)31-27(35)15(2)8-7-9-21(37-5)26(39-28(30)36)17(4)12-16(3)24(33)22(11-14)38-6/h7-9,12-14,16,21-22,26H,10-11,29H2,1-6H3,(H2,30,36)(H,31,35)/b9-7-,15-8+,17-12+/t14?,16?,21-,22-,26-/m0/s1. The first-order chi connectivity index (χ1) is 18.3. The fourth-order valence-corrected chi connectivity index (χ4v) is 4.45. The molecule has 1 aliphatic heterocycles. The fourth-order valence-electron chi connectivity index (χ4n) is 4.45. The lowest BCUT2D eigenvalue weighted by molar-refractivity contribution is -0.132. The van der Waals surface area contributed by atoms with Crippen molar-refractivity contribution in [1.29, 1.82) is 0 Å². The molecule has 0 fully saturated rings. The predicted octanol–water partition coefficient (Wildman–Crippen LogP) is 1.93. The lowest BCUT2D eigenvalue weighted by Gasteiger charge is -2.26. The zero-order valence-corrected chi connectivity index (χ0v) is 23.1. The molecule has 2 aliphatic rings. The van der Waals surface area contributed by atoms with Gasteiger partial charge in [0.15, 0.2) is 11.9 Å². The molecule has 5 N–H and O–H groups in total. The van der Waals surface area contributed by atoms with E-state index in [4.69, 9.17) is 25.7 Å². The van der Waals surface area contributed by atoms with Gasteiger partial charge in [0.25, 0.3) is 5.91 Å². The Morgan fingerprint density at radius 2 is 1.74 bits per heavy atom. The number of methoxy groups -OCH3 is 2. The Kier molecular flexibility index (Phi) is 11.1. The molecule has 5 atom stereocenters. The van der Waals surface area contributed by atoms with Crippen LogP contribution in [0.5, 0.6) is 0 Å². The SMILES string of the molecule is CO[C@H]1CC(C)CC2=C(N)C(=O)C=C(NC(=O)/C(C)=C/C=C\[C@H](OC)[C@@H](OC(N)=O)/C(C)=C/C(C)C1=O)C2=O. The van der Waals surface area contributed by atoms with Gasteiger partial charge in [0.1, 0.15) is 12.2 Å². The van der Waals surface area contributed by atoms with Gasteiger partial charge in [0, 0.05) is 37.4 Å². The highest BCUT2D eigenvalue weighted by Gasteiger charge is 2.32. The van der Waals surface area contributed by atoms with E-state index in [-0.39, 0.29) is 47.1 Å². The van der Waals surface area contributed by atoms with Gasteiger partial charge in [-0.25, -0.2) is 4.79 Å². The first kappa shape index (κ1) is 31.4. The number of amides is 2. The number of ether oxygens (including phenoxy) is 3. The van der Waals surface area contributed by atoms with Crippen LogP contribution < -0.4 is 16.8 Å². The van der Waals surface area contributed by atoms with Crippen LogP contribution in [0.25, 0.3) is 0 Å². The van der Waals surface area contributed by atoms with Crippen LogP contribution in [0.15, 0.2) is 58.5 Å². The van der Waals surface area contributed by atoms with E-state index >= 15 is 0 Å². The third-order valence-corrected chi connectivity index (χ3v) is 6.63. The van der Waals surface area contributed by atoms with Crippen LogP contribution in [0.2, 0.25) is 0 Å². The predicted molar refractivity (Wildman–Crippen MR) is 143 cm³/mol. The number of nitrogens with two attached hydrogens (primary N) is 2. The summed E-state index contributed by atoms with van der Waals surface area (Å²) in [4.78, 5) is 63.4. The van der Waals surface area contributed by atoms with E-state index < -0.39 is 47.8 Å². The topological polar surface area (TPSA) is 177 Å². The first-order valence-electron chi connectivity index (χ1n) is 12.5. The maximum atomic E-state index is 13.3. The molecule has 0 radical (unpaired) electrons. The van der Waals surface area contributed by atoms with E-state index in [2.05, 4.69) is 5.32 Å². The van der Waals surface area contributed by atoms with Crippen molar-refractivity contribution in [2.45, 2.75) is 58.8 Å². The van der Waals surface area contributed by atoms with Crippen LogP contribution in [-0.4, -0.2) is 61.9 Å². The summed E-state index contributed by atoms with van der Waals surface area (Å²) in [5, 5.41) is 2.48. The number of allylic oxidation sites excluding steroid dienone is 5. The number of rotatable bonds is 3. The Bertz CT molecular complexity index is 1180. The number of primary amides is 1. The number of hydrogen-bond acceptors (Lipinski definition) is 9. The molecule has 1 aliphatic carbocycles. The molecule has 39 heavy (non-hydrogen) atoms. The Balaban J connectivity index is 2.58. The van der Waals surface area contributed by atoms with Crippen molar-refractivity contribution in [3.8, 4) is 0 Å². The molecule has 2 bridgehead atoms. The summed E-state index contributed by atoms with van der Waals surface area (Å²) >= 11 is 0. The molecule has 0 aromatic heterocycles. The second kappa shape index (κ2) is 13.8. The average molecular weight is 544 g/mol. The largest absolute Gasteiger partial charge is 0.439 e. The molecule has 11 nitrogen and oxygen atoms in total. The summed E-state index contributed by atoms with van der Waals surface area (Å²) in [6.45, 7) is 6.70. The van der Waals surface area contributed by atoms with Crippen molar-refractivity contribution in [1.82, 2.24) is 5.32 Å². The van der Waals surface area contributed by atoms with Gasteiger partial charge in [-0.1, -0.05) is 38.2 Å². The molecule has 0 saturated heterocycles. The molecule has 0 aromatic carbocycles. The van der Waals surface area contributed by atoms with Crippen molar-refractivity contribution < 1.29 is 38.2 Å². The van der Waals surface area contributed by atoms with Gasteiger partial charge in [-0.3, -0.25) is 19.2 Å². The highest BCUT2D eigenvalue weighted by molar-refractivity contribution is 6.23. The van der Waals surface area contributed by atoms with Crippen molar-refractivity contribution >= 4 is 29.4 Å². The summed E-state index contributed by atoms with van der Waals surface area (Å²) in [5.74, 6) is -2.91. The Morgan fingerprint density at radius 3 is 2.33 bits per heavy atom. The number of ketones is 3. The molecule has 11 heteroatoms. The molecular weight excluding hydrogens is 506 g/mol. The number of Topliss-reactive ketones (excluding diaryl/α,β-unsaturated/α-hetero) is 2. The first-order valence-corrected chi connectivity index (χ1v) is 12.5. The Hall–Kier alpha value is -3.83. The quantitative estimate of drug-likeness (QED) is 0.354. The van der Waals surface area contributed by atoms with Gasteiger partial charge < -0.3 is 31.0 Å². The molecule has 2 unspecified atom stereocenters. The minimum atomic E-state index is -1.03. The Labute approximate surface area is 228 Å². The molecular formula is C28H37N3O8. The number of nitrogens with one attached hydrogen (secondary N) is 1. The average Bonchev–Trinajstić information content (AvgIpc) is 2.88. The van der Waals surface area contributed by atoms with Crippen molar-refractivity contribution in [2.24, 2.45) is 23.3 Å². The minimum Gasteiger partial charge on any atom is -0.439 e. The zero-order valence-electron chi connectivity index (χ0n) is 23.1. The highest BCUT2D eigenvalue weighted by Crippen LogP contribution is 2.27. The smallest absolute Gasteiger partial charge is 0.405 e. The Morgan fingerprint density at radius 1 is 1.08 bits per heavy atom. The summed E-state index contributed by atoms with van der Waals surface area (Å²) in [7, 11) is 2.82. The van der Waals surface area contributed by atoms with Crippen LogP contribution >= 0.6 is 0 Å². The second-order valence-corrected chi connectivity index (χ2v) is 9.76. The molecule has 0 aromatic rings. The third-order valence-electron chi connectivity index (χ3n) is 6.63. The van der Waals surface area contributed by atoms with Crippen LogP contribution in [0.3, 0.4) is 0 Å². The van der Waals surface area contributed by atoms with Gasteiger partial charge >= 0.3 is 6.09 Å². The normalized spacial score (nSPS) is 31.4. The number of carbonyl (C=O) groups excluding carboxylic acids is 5. The van der Waals surface area contributed by atoms with Gasteiger partial charge in [0.05, 0.1) is 11.4 Å².